The standard InChI is InChI=1S/C10H9N3O/c14-9(8-3-1-4-11-8)7-10-12-5-2-6-13-10/h1-6,11H,7H2. The van der Waals surface area contributed by atoms with E-state index in [-0.39, 0.29) is 12.2 Å². The molecule has 0 aliphatic heterocycles. The van der Waals surface area contributed by atoms with Crippen molar-refractivity contribution in [3.8, 4) is 0 Å². The molecule has 0 radical (unpaired) electrons. The lowest BCUT2D eigenvalue weighted by molar-refractivity contribution is 0.0986. The third-order valence-electron chi connectivity index (χ3n) is 1.84. The Bertz CT molecular complexity index is 408. The van der Waals surface area contributed by atoms with Crippen LogP contribution in [-0.4, -0.2) is 20.7 Å². The van der Waals surface area contributed by atoms with Crippen molar-refractivity contribution in [3.05, 3.63) is 48.3 Å². The van der Waals surface area contributed by atoms with Crippen LogP contribution in [0.5, 0.6) is 0 Å². The van der Waals surface area contributed by atoms with E-state index in [4.69, 9.17) is 0 Å². The maximum atomic E-state index is 11.6. The Morgan fingerprint density at radius 2 is 2.07 bits per heavy atom. The molecule has 4 nitrogen and oxygen atoms in total. The molecule has 2 heterocycles. The van der Waals surface area contributed by atoms with Gasteiger partial charge >= 0.3 is 0 Å². The first-order valence-electron chi connectivity index (χ1n) is 4.29. The van der Waals surface area contributed by atoms with Crippen LogP contribution in [0.3, 0.4) is 0 Å². The minimum Gasteiger partial charge on any atom is -0.359 e. The highest BCUT2D eigenvalue weighted by Gasteiger charge is 2.08. The summed E-state index contributed by atoms with van der Waals surface area (Å²) in [6.45, 7) is 0. The molecule has 0 aliphatic rings. The molecule has 0 saturated heterocycles. The number of nitrogens with zero attached hydrogens (tertiary/aromatic N) is 2. The molecule has 1 N–H and O–H groups in total. The van der Waals surface area contributed by atoms with Crippen LogP contribution >= 0.6 is 0 Å². The van der Waals surface area contributed by atoms with Gasteiger partial charge in [-0.05, 0) is 18.2 Å². The summed E-state index contributed by atoms with van der Waals surface area (Å²) < 4.78 is 0. The molecule has 0 spiro atoms. The number of nitrogens with one attached hydrogen (secondary N) is 1. The zero-order valence-corrected chi connectivity index (χ0v) is 7.47. The topological polar surface area (TPSA) is 58.6 Å². The minimum atomic E-state index is 0.00111. The van der Waals surface area contributed by atoms with Crippen LogP contribution in [0.15, 0.2) is 36.8 Å². The molecule has 0 fully saturated rings. The summed E-state index contributed by atoms with van der Waals surface area (Å²) in [6.07, 6.45) is 5.22. The normalized spacial score (nSPS) is 10.0. The average Bonchev–Trinajstić information content (AvgIpc) is 2.72. The maximum Gasteiger partial charge on any atom is 0.186 e. The van der Waals surface area contributed by atoms with Gasteiger partial charge in [-0.1, -0.05) is 0 Å². The largest absolute Gasteiger partial charge is 0.359 e. The van der Waals surface area contributed by atoms with Gasteiger partial charge in [-0.25, -0.2) is 9.97 Å². The Morgan fingerprint density at radius 3 is 2.71 bits per heavy atom. The molecule has 2 aromatic rings. The van der Waals surface area contributed by atoms with Gasteiger partial charge in [0, 0.05) is 18.6 Å². The lowest BCUT2D eigenvalue weighted by Crippen LogP contribution is -2.06. The summed E-state index contributed by atoms with van der Waals surface area (Å²) in [5.74, 6) is 0.549. The lowest BCUT2D eigenvalue weighted by Gasteiger charge is -1.96. The fraction of sp³-hybridized carbons (Fsp3) is 0.100. The first-order chi connectivity index (χ1) is 6.86. The van der Waals surface area contributed by atoms with Crippen molar-refractivity contribution in [3.63, 3.8) is 0 Å². The van der Waals surface area contributed by atoms with Gasteiger partial charge in [-0.3, -0.25) is 4.79 Å². The second kappa shape index (κ2) is 3.83. The van der Waals surface area contributed by atoms with Gasteiger partial charge in [-0.2, -0.15) is 0 Å². The third kappa shape index (κ3) is 1.85. The quantitative estimate of drug-likeness (QED) is 0.735. The number of carbonyl (C=O) groups excluding carboxylic acids is 1. The van der Waals surface area contributed by atoms with Gasteiger partial charge in [0.05, 0.1) is 12.1 Å². The number of rotatable bonds is 3. The molecule has 70 valence electrons. The average molecular weight is 187 g/mol. The Labute approximate surface area is 81.0 Å². The van der Waals surface area contributed by atoms with Gasteiger partial charge in [0.1, 0.15) is 5.82 Å². The first-order valence-corrected chi connectivity index (χ1v) is 4.29. The van der Waals surface area contributed by atoms with E-state index in [9.17, 15) is 4.79 Å². The van der Waals surface area contributed by atoms with Gasteiger partial charge < -0.3 is 4.98 Å². The zero-order valence-electron chi connectivity index (χ0n) is 7.47. The highest BCUT2D eigenvalue weighted by molar-refractivity contribution is 5.95. The smallest absolute Gasteiger partial charge is 0.186 e. The number of H-pyrrole nitrogens is 1. The van der Waals surface area contributed by atoms with E-state index in [1.54, 1.807) is 36.8 Å². The molecule has 0 unspecified atom stereocenters. The summed E-state index contributed by atoms with van der Waals surface area (Å²) in [6, 6.07) is 5.26. The van der Waals surface area contributed by atoms with Crippen LogP contribution in [0.25, 0.3) is 0 Å². The molecule has 0 saturated carbocycles. The number of hydrogen-bond acceptors (Lipinski definition) is 3. The van der Waals surface area contributed by atoms with Crippen LogP contribution in [0, 0.1) is 0 Å². The van der Waals surface area contributed by atoms with Gasteiger partial charge in [0.15, 0.2) is 5.78 Å². The number of aromatic nitrogens is 3. The highest BCUT2D eigenvalue weighted by atomic mass is 16.1. The molecule has 14 heavy (non-hydrogen) atoms. The molecular weight excluding hydrogens is 178 g/mol. The zero-order chi connectivity index (χ0) is 9.80. The molecule has 0 amide bonds. The highest BCUT2D eigenvalue weighted by Crippen LogP contribution is 2.00. The van der Waals surface area contributed by atoms with E-state index in [1.165, 1.54) is 0 Å². The van der Waals surface area contributed by atoms with Crippen molar-refractivity contribution in [2.45, 2.75) is 6.42 Å². The summed E-state index contributed by atoms with van der Waals surface area (Å²) in [7, 11) is 0. The lowest BCUT2D eigenvalue weighted by atomic mass is 10.2. The fourth-order valence-corrected chi connectivity index (χ4v) is 1.16. The van der Waals surface area contributed by atoms with Crippen LogP contribution < -0.4 is 0 Å². The molecule has 0 atom stereocenters. The Hall–Kier alpha value is -1.97. The van der Waals surface area contributed by atoms with Crippen LogP contribution in [0.2, 0.25) is 0 Å². The molecular formula is C10H9N3O. The number of hydrogen-bond donors (Lipinski definition) is 1. The summed E-state index contributed by atoms with van der Waals surface area (Å²) in [5.41, 5.74) is 0.595. The van der Waals surface area contributed by atoms with Crippen molar-refractivity contribution >= 4 is 5.78 Å². The monoisotopic (exact) mass is 187 g/mol. The molecule has 4 heteroatoms. The fourth-order valence-electron chi connectivity index (χ4n) is 1.16. The summed E-state index contributed by atoms with van der Waals surface area (Å²) in [5, 5.41) is 0. The first kappa shape index (κ1) is 8.62. The Balaban J connectivity index is 2.10. The molecule has 2 aromatic heterocycles. The van der Waals surface area contributed by atoms with E-state index in [0.29, 0.717) is 11.5 Å². The predicted octanol–water partition coefficient (Wildman–Crippen LogP) is 1.23. The molecule has 2 rings (SSSR count). The van der Waals surface area contributed by atoms with E-state index < -0.39 is 0 Å². The number of aromatic amines is 1. The second-order valence-corrected chi connectivity index (χ2v) is 2.85. The van der Waals surface area contributed by atoms with Crippen LogP contribution in [0.1, 0.15) is 16.3 Å². The van der Waals surface area contributed by atoms with Crippen molar-refractivity contribution in [1.29, 1.82) is 0 Å². The van der Waals surface area contributed by atoms with Gasteiger partial charge in [0.25, 0.3) is 0 Å². The second-order valence-electron chi connectivity index (χ2n) is 2.85. The minimum absolute atomic E-state index is 0.00111. The van der Waals surface area contributed by atoms with Gasteiger partial charge in [-0.15, -0.1) is 0 Å². The third-order valence-corrected chi connectivity index (χ3v) is 1.84. The van der Waals surface area contributed by atoms with Crippen molar-refractivity contribution in [2.24, 2.45) is 0 Å². The van der Waals surface area contributed by atoms with Crippen molar-refractivity contribution < 1.29 is 4.79 Å². The number of carbonyl (C=O) groups is 1. The van der Waals surface area contributed by atoms with E-state index >= 15 is 0 Å². The molecule has 0 aliphatic carbocycles. The summed E-state index contributed by atoms with van der Waals surface area (Å²) >= 11 is 0. The van der Waals surface area contributed by atoms with E-state index in [0.717, 1.165) is 0 Å². The molecule has 0 bridgehead atoms. The SMILES string of the molecule is O=C(Cc1ncccn1)c1ccc[nH]1. The van der Waals surface area contributed by atoms with Crippen molar-refractivity contribution in [1.82, 2.24) is 15.0 Å². The van der Waals surface area contributed by atoms with Crippen LogP contribution in [0.4, 0.5) is 0 Å². The van der Waals surface area contributed by atoms with E-state index in [1.807, 2.05) is 0 Å². The maximum absolute atomic E-state index is 11.6. The van der Waals surface area contributed by atoms with Crippen molar-refractivity contribution in [2.75, 3.05) is 0 Å². The van der Waals surface area contributed by atoms with E-state index in [2.05, 4.69) is 15.0 Å². The number of Topliss-reactive ketones (excluding diaryl/α,β-unsaturated/α-hetero) is 1. The Morgan fingerprint density at radius 1 is 1.29 bits per heavy atom. The number of ketones is 1. The van der Waals surface area contributed by atoms with Crippen LogP contribution in [-0.2, 0) is 6.42 Å². The molecule has 0 aromatic carbocycles. The predicted molar refractivity (Wildman–Crippen MR) is 50.9 cm³/mol. The Kier molecular flexibility index (Phi) is 2.36. The van der Waals surface area contributed by atoms with Gasteiger partial charge in [0.2, 0.25) is 0 Å². The summed E-state index contributed by atoms with van der Waals surface area (Å²) in [4.78, 5) is 22.4.